The highest BCUT2D eigenvalue weighted by atomic mass is 16.2. The number of hydrogen-bond donors (Lipinski definition) is 1. The molecule has 1 amide bonds. The van der Waals surface area contributed by atoms with E-state index in [-0.39, 0.29) is 11.4 Å². The third-order valence-electron chi connectivity index (χ3n) is 4.42. The average molecular weight is 271 g/mol. The molecule has 2 aromatic rings. The fraction of sp³-hybridized carbons (Fsp3) is 0.438. The van der Waals surface area contributed by atoms with Crippen molar-refractivity contribution < 1.29 is 4.79 Å². The number of amides is 1. The minimum atomic E-state index is 0.0253. The first-order valence-electron chi connectivity index (χ1n) is 7.06. The summed E-state index contributed by atoms with van der Waals surface area (Å²) in [4.78, 5) is 20.3. The van der Waals surface area contributed by atoms with Gasteiger partial charge in [0.1, 0.15) is 0 Å². The van der Waals surface area contributed by atoms with Crippen molar-refractivity contribution in [3.8, 4) is 0 Å². The number of nitrogens with one attached hydrogen (secondary N) is 1. The second kappa shape index (κ2) is 4.63. The summed E-state index contributed by atoms with van der Waals surface area (Å²) in [6.45, 7) is 6.83. The van der Waals surface area contributed by atoms with E-state index in [0.717, 1.165) is 36.1 Å². The van der Waals surface area contributed by atoms with Crippen LogP contribution in [-0.2, 0) is 0 Å². The van der Waals surface area contributed by atoms with E-state index in [0.29, 0.717) is 0 Å². The van der Waals surface area contributed by atoms with Crippen LogP contribution in [0.1, 0.15) is 24.2 Å². The molecule has 2 heterocycles. The molecule has 106 valence electrons. The van der Waals surface area contributed by atoms with Gasteiger partial charge in [-0.25, -0.2) is 0 Å². The smallest absolute Gasteiger partial charge is 0.256 e. The van der Waals surface area contributed by atoms with E-state index in [9.17, 15) is 4.79 Å². The molecule has 0 spiro atoms. The molecule has 1 aliphatic heterocycles. The van der Waals surface area contributed by atoms with Crippen molar-refractivity contribution in [1.82, 2.24) is 14.8 Å². The minimum absolute atomic E-state index is 0.0253. The third-order valence-corrected chi connectivity index (χ3v) is 4.42. The number of fused-ring (bicyclic) bond motifs is 1. The van der Waals surface area contributed by atoms with Gasteiger partial charge >= 0.3 is 0 Å². The molecule has 0 unspecified atom stereocenters. The topological polar surface area (TPSA) is 39.3 Å². The Labute approximate surface area is 119 Å². The van der Waals surface area contributed by atoms with Crippen LogP contribution in [-0.4, -0.2) is 52.9 Å². The summed E-state index contributed by atoms with van der Waals surface area (Å²) < 4.78 is 0. The van der Waals surface area contributed by atoms with Crippen molar-refractivity contribution in [2.45, 2.75) is 19.4 Å². The number of carbonyl (C=O) groups is 1. The van der Waals surface area contributed by atoms with Gasteiger partial charge in [0.05, 0.1) is 11.1 Å². The van der Waals surface area contributed by atoms with Gasteiger partial charge in [0.15, 0.2) is 0 Å². The van der Waals surface area contributed by atoms with Crippen molar-refractivity contribution in [2.24, 2.45) is 0 Å². The van der Waals surface area contributed by atoms with Crippen molar-refractivity contribution >= 4 is 16.8 Å². The number of hydrogen-bond acceptors (Lipinski definition) is 2. The lowest BCUT2D eigenvalue weighted by molar-refractivity contribution is 0.0312. The van der Waals surface area contributed by atoms with Crippen LogP contribution >= 0.6 is 0 Å². The number of aromatic nitrogens is 1. The fourth-order valence-electron chi connectivity index (χ4n) is 2.85. The molecule has 1 aromatic carbocycles. The third kappa shape index (κ3) is 2.10. The van der Waals surface area contributed by atoms with E-state index in [1.807, 2.05) is 35.4 Å². The van der Waals surface area contributed by atoms with Crippen LogP contribution in [0.4, 0.5) is 0 Å². The number of likely N-dealkylation sites (N-methyl/N-ethyl adjacent to an activating group) is 1. The summed E-state index contributed by atoms with van der Waals surface area (Å²) in [6.07, 6.45) is 1.88. The number of carbonyl (C=O) groups excluding carboxylic acids is 1. The highest BCUT2D eigenvalue weighted by Gasteiger charge is 2.33. The van der Waals surface area contributed by atoms with Gasteiger partial charge in [0.2, 0.25) is 0 Å². The number of nitrogens with zero attached hydrogens (tertiary/aromatic N) is 2. The molecule has 0 bridgehead atoms. The van der Waals surface area contributed by atoms with Crippen LogP contribution in [0.2, 0.25) is 0 Å². The van der Waals surface area contributed by atoms with Crippen molar-refractivity contribution in [3.05, 3.63) is 36.0 Å². The first-order chi connectivity index (χ1) is 9.49. The van der Waals surface area contributed by atoms with Gasteiger partial charge in [0, 0.05) is 36.8 Å². The molecule has 1 fully saturated rings. The number of H-pyrrole nitrogens is 1. The van der Waals surface area contributed by atoms with Crippen LogP contribution < -0.4 is 0 Å². The Balaban J connectivity index is 1.91. The quantitative estimate of drug-likeness (QED) is 0.864. The standard InChI is InChI=1S/C16H21N3O/c1-16(2)11-19(10-9-18(16)3)15(20)13-6-4-5-12-7-8-17-14(12)13/h4-8,17H,9-11H2,1-3H3. The van der Waals surface area contributed by atoms with E-state index in [2.05, 4.69) is 30.8 Å². The van der Waals surface area contributed by atoms with Gasteiger partial charge in [-0.05, 0) is 33.0 Å². The van der Waals surface area contributed by atoms with Crippen LogP contribution in [0, 0.1) is 0 Å². The number of rotatable bonds is 1. The molecule has 0 saturated carbocycles. The fourth-order valence-corrected chi connectivity index (χ4v) is 2.85. The highest BCUT2D eigenvalue weighted by Crippen LogP contribution is 2.23. The minimum Gasteiger partial charge on any atom is -0.361 e. The Bertz CT molecular complexity index is 644. The first kappa shape index (κ1) is 13.2. The summed E-state index contributed by atoms with van der Waals surface area (Å²) in [7, 11) is 2.12. The summed E-state index contributed by atoms with van der Waals surface area (Å²) in [6, 6.07) is 7.88. The molecule has 1 saturated heterocycles. The summed E-state index contributed by atoms with van der Waals surface area (Å²) in [5, 5.41) is 1.09. The Kier molecular flexibility index (Phi) is 3.05. The number of para-hydroxylation sites is 1. The van der Waals surface area contributed by atoms with E-state index in [4.69, 9.17) is 0 Å². The summed E-state index contributed by atoms with van der Waals surface area (Å²) in [5.74, 6) is 0.124. The van der Waals surface area contributed by atoms with Crippen LogP contribution in [0.25, 0.3) is 10.9 Å². The molecule has 20 heavy (non-hydrogen) atoms. The lowest BCUT2D eigenvalue weighted by atomic mass is 9.99. The SMILES string of the molecule is CN1CCN(C(=O)c2cccc3cc[nH]c23)CC1(C)C. The lowest BCUT2D eigenvalue weighted by Crippen LogP contribution is -2.58. The molecular formula is C16H21N3O. The Morgan fingerprint density at radius 3 is 2.80 bits per heavy atom. The van der Waals surface area contributed by atoms with Gasteiger partial charge in [-0.15, -0.1) is 0 Å². The maximum atomic E-state index is 12.8. The zero-order chi connectivity index (χ0) is 14.3. The van der Waals surface area contributed by atoms with Crippen molar-refractivity contribution in [1.29, 1.82) is 0 Å². The Hall–Kier alpha value is -1.81. The van der Waals surface area contributed by atoms with Gasteiger partial charge in [-0.3, -0.25) is 9.69 Å². The normalized spacial score (nSPS) is 19.4. The highest BCUT2D eigenvalue weighted by molar-refractivity contribution is 6.05. The van der Waals surface area contributed by atoms with Crippen molar-refractivity contribution in [3.63, 3.8) is 0 Å². The maximum absolute atomic E-state index is 12.8. The van der Waals surface area contributed by atoms with Crippen molar-refractivity contribution in [2.75, 3.05) is 26.7 Å². The zero-order valence-corrected chi connectivity index (χ0v) is 12.3. The lowest BCUT2D eigenvalue weighted by Gasteiger charge is -2.45. The monoisotopic (exact) mass is 271 g/mol. The van der Waals surface area contributed by atoms with E-state index in [1.165, 1.54) is 0 Å². The largest absolute Gasteiger partial charge is 0.361 e. The molecule has 1 N–H and O–H groups in total. The Morgan fingerprint density at radius 2 is 2.05 bits per heavy atom. The van der Waals surface area contributed by atoms with E-state index in [1.54, 1.807) is 0 Å². The predicted octanol–water partition coefficient (Wildman–Crippen LogP) is 2.33. The van der Waals surface area contributed by atoms with Crippen LogP contribution in [0.15, 0.2) is 30.5 Å². The second-order valence-corrected chi connectivity index (χ2v) is 6.21. The number of aromatic amines is 1. The predicted molar refractivity (Wildman–Crippen MR) is 80.9 cm³/mol. The summed E-state index contributed by atoms with van der Waals surface area (Å²) in [5.41, 5.74) is 1.74. The van der Waals surface area contributed by atoms with Gasteiger partial charge < -0.3 is 9.88 Å². The van der Waals surface area contributed by atoms with Gasteiger partial charge in [-0.2, -0.15) is 0 Å². The molecular weight excluding hydrogens is 250 g/mol. The number of piperazine rings is 1. The molecule has 0 radical (unpaired) electrons. The second-order valence-electron chi connectivity index (χ2n) is 6.21. The van der Waals surface area contributed by atoms with E-state index >= 15 is 0 Å². The molecule has 0 atom stereocenters. The first-order valence-corrected chi connectivity index (χ1v) is 7.06. The Morgan fingerprint density at radius 1 is 1.25 bits per heavy atom. The number of benzene rings is 1. The van der Waals surface area contributed by atoms with E-state index < -0.39 is 0 Å². The molecule has 1 aliphatic rings. The molecule has 0 aliphatic carbocycles. The zero-order valence-electron chi connectivity index (χ0n) is 12.3. The van der Waals surface area contributed by atoms with Crippen LogP contribution in [0.3, 0.4) is 0 Å². The maximum Gasteiger partial charge on any atom is 0.256 e. The van der Waals surface area contributed by atoms with Crippen LogP contribution in [0.5, 0.6) is 0 Å². The van der Waals surface area contributed by atoms with Gasteiger partial charge in [-0.1, -0.05) is 12.1 Å². The van der Waals surface area contributed by atoms with Gasteiger partial charge in [0.25, 0.3) is 5.91 Å². The molecule has 4 heteroatoms. The molecule has 3 rings (SSSR count). The molecule has 1 aromatic heterocycles. The summed E-state index contributed by atoms with van der Waals surface area (Å²) >= 11 is 0. The average Bonchev–Trinajstić information content (AvgIpc) is 2.89. The molecule has 4 nitrogen and oxygen atoms in total.